The van der Waals surface area contributed by atoms with Crippen molar-refractivity contribution in [3.8, 4) is 0 Å². The van der Waals surface area contributed by atoms with E-state index < -0.39 is 5.69 Å². The van der Waals surface area contributed by atoms with Crippen molar-refractivity contribution in [3.05, 3.63) is 47.6 Å². The third-order valence-electron chi connectivity index (χ3n) is 2.71. The van der Waals surface area contributed by atoms with Gasteiger partial charge in [-0.25, -0.2) is 9.78 Å². The zero-order valence-electron chi connectivity index (χ0n) is 10.9. The summed E-state index contributed by atoms with van der Waals surface area (Å²) in [4.78, 5) is 30.9. The van der Waals surface area contributed by atoms with Gasteiger partial charge in [-0.3, -0.25) is 14.3 Å². The Hall–Kier alpha value is -1.40. The second-order valence-corrected chi connectivity index (χ2v) is 5.91. The molecule has 1 N–H and O–H groups in total. The van der Waals surface area contributed by atoms with E-state index in [-0.39, 0.29) is 23.2 Å². The van der Waals surface area contributed by atoms with Gasteiger partial charge in [0, 0.05) is 11.1 Å². The number of thiazole rings is 1. The quantitative estimate of drug-likeness (QED) is 0.883. The Morgan fingerprint density at radius 1 is 1.47 bits per heavy atom. The Bertz CT molecular complexity index is 714. The lowest BCUT2D eigenvalue weighted by atomic mass is 10.1. The Balaban J connectivity index is 2.55. The lowest BCUT2D eigenvalue weighted by Gasteiger charge is -2.10. The van der Waals surface area contributed by atoms with Crippen molar-refractivity contribution < 1.29 is 0 Å². The minimum atomic E-state index is -0.507. The molecule has 0 saturated heterocycles. The Morgan fingerprint density at radius 3 is 2.68 bits per heavy atom. The number of aromatic nitrogens is 3. The number of aromatic amines is 1. The molecule has 19 heavy (non-hydrogen) atoms. The predicted molar refractivity (Wildman–Crippen MR) is 76.4 cm³/mol. The van der Waals surface area contributed by atoms with Crippen molar-refractivity contribution in [2.24, 2.45) is 0 Å². The van der Waals surface area contributed by atoms with Crippen LogP contribution < -0.4 is 11.2 Å². The third kappa shape index (κ3) is 2.79. The first-order valence-corrected chi connectivity index (χ1v) is 7.09. The van der Waals surface area contributed by atoms with Gasteiger partial charge in [0.2, 0.25) is 0 Å². The molecule has 2 rings (SSSR count). The highest BCUT2D eigenvalue weighted by Crippen LogP contribution is 2.17. The average Bonchev–Trinajstić information content (AvgIpc) is 2.69. The first-order chi connectivity index (χ1) is 8.90. The van der Waals surface area contributed by atoms with Crippen LogP contribution in [-0.4, -0.2) is 14.5 Å². The van der Waals surface area contributed by atoms with E-state index in [9.17, 15) is 9.59 Å². The van der Waals surface area contributed by atoms with Crippen LogP contribution in [0.25, 0.3) is 0 Å². The minimum Gasteiger partial charge on any atom is -0.297 e. The second kappa shape index (κ2) is 5.30. The number of nitrogens with zero attached hydrogens (tertiary/aromatic N) is 2. The summed E-state index contributed by atoms with van der Waals surface area (Å²) in [6.07, 6.45) is 0. The smallest absolute Gasteiger partial charge is 0.297 e. The molecule has 0 aliphatic rings. The maximum absolute atomic E-state index is 12.3. The summed E-state index contributed by atoms with van der Waals surface area (Å²) in [6, 6.07) is 0. The van der Waals surface area contributed by atoms with Gasteiger partial charge in [0.25, 0.3) is 5.56 Å². The molecule has 2 heterocycles. The van der Waals surface area contributed by atoms with Crippen LogP contribution >= 0.6 is 22.9 Å². The van der Waals surface area contributed by atoms with E-state index >= 15 is 0 Å². The lowest BCUT2D eigenvalue weighted by Crippen LogP contribution is -2.38. The highest BCUT2D eigenvalue weighted by atomic mass is 35.5. The molecule has 0 saturated carbocycles. The van der Waals surface area contributed by atoms with Gasteiger partial charge in [0.15, 0.2) is 0 Å². The van der Waals surface area contributed by atoms with Crippen molar-refractivity contribution in [2.45, 2.75) is 33.2 Å². The SMILES string of the molecule is Cc1csc(Cn2c(=O)[nH]c(Cl)c(C(C)C)c2=O)n1. The number of halogens is 1. The van der Waals surface area contributed by atoms with E-state index in [1.807, 2.05) is 26.2 Å². The van der Waals surface area contributed by atoms with Gasteiger partial charge in [-0.1, -0.05) is 25.4 Å². The van der Waals surface area contributed by atoms with Crippen molar-refractivity contribution >= 4 is 22.9 Å². The second-order valence-electron chi connectivity index (χ2n) is 4.59. The van der Waals surface area contributed by atoms with Crippen LogP contribution in [0.3, 0.4) is 0 Å². The predicted octanol–water partition coefficient (Wildman–Crippen LogP) is 2.13. The first kappa shape index (κ1) is 14.0. The van der Waals surface area contributed by atoms with E-state index in [0.29, 0.717) is 5.56 Å². The molecular formula is C12H14ClN3O2S. The van der Waals surface area contributed by atoms with Crippen molar-refractivity contribution in [1.82, 2.24) is 14.5 Å². The summed E-state index contributed by atoms with van der Waals surface area (Å²) in [5.41, 5.74) is 0.445. The first-order valence-electron chi connectivity index (χ1n) is 5.83. The van der Waals surface area contributed by atoms with Crippen LogP contribution in [0.2, 0.25) is 5.15 Å². The summed E-state index contributed by atoms with van der Waals surface area (Å²) in [7, 11) is 0. The molecule has 7 heteroatoms. The number of aryl methyl sites for hydroxylation is 1. The normalized spacial score (nSPS) is 11.2. The summed E-state index contributed by atoms with van der Waals surface area (Å²) in [5, 5.41) is 2.73. The van der Waals surface area contributed by atoms with Crippen molar-refractivity contribution in [1.29, 1.82) is 0 Å². The van der Waals surface area contributed by atoms with Crippen LogP contribution in [0.15, 0.2) is 15.0 Å². The van der Waals surface area contributed by atoms with Gasteiger partial charge in [-0.15, -0.1) is 11.3 Å². The summed E-state index contributed by atoms with van der Waals surface area (Å²) < 4.78 is 1.14. The maximum Gasteiger partial charge on any atom is 0.329 e. The standard InChI is InChI=1S/C12H14ClN3O2S/c1-6(2)9-10(13)15-12(18)16(11(9)17)4-8-14-7(3)5-19-8/h5-6H,4H2,1-3H3,(H,15,18). The molecule has 2 aromatic heterocycles. The van der Waals surface area contributed by atoms with Gasteiger partial charge < -0.3 is 0 Å². The number of hydrogen-bond donors (Lipinski definition) is 1. The molecular weight excluding hydrogens is 286 g/mol. The van der Waals surface area contributed by atoms with Crippen LogP contribution in [0, 0.1) is 6.92 Å². The van der Waals surface area contributed by atoms with Crippen LogP contribution in [-0.2, 0) is 6.54 Å². The molecule has 0 aliphatic carbocycles. The highest BCUT2D eigenvalue weighted by Gasteiger charge is 2.16. The third-order valence-corrected chi connectivity index (χ3v) is 3.96. The Labute approximate surface area is 118 Å². The monoisotopic (exact) mass is 299 g/mol. The van der Waals surface area contributed by atoms with Gasteiger partial charge in [-0.05, 0) is 12.8 Å². The zero-order chi connectivity index (χ0) is 14.2. The number of rotatable bonds is 3. The van der Waals surface area contributed by atoms with Crippen LogP contribution in [0.4, 0.5) is 0 Å². The molecule has 0 fully saturated rings. The molecule has 2 aromatic rings. The van der Waals surface area contributed by atoms with E-state index in [0.717, 1.165) is 15.3 Å². The molecule has 0 aliphatic heterocycles. The summed E-state index contributed by atoms with van der Waals surface area (Å²) in [5.74, 6) is -0.0545. The van der Waals surface area contributed by atoms with Gasteiger partial charge in [-0.2, -0.15) is 0 Å². The molecule has 0 spiro atoms. The fraction of sp³-hybridized carbons (Fsp3) is 0.417. The molecule has 0 unspecified atom stereocenters. The van der Waals surface area contributed by atoms with Crippen LogP contribution in [0.5, 0.6) is 0 Å². The van der Waals surface area contributed by atoms with Crippen molar-refractivity contribution in [2.75, 3.05) is 0 Å². The van der Waals surface area contributed by atoms with Gasteiger partial charge in [0.1, 0.15) is 10.2 Å². The minimum absolute atomic E-state index is 0.0545. The molecule has 0 radical (unpaired) electrons. The topological polar surface area (TPSA) is 67.8 Å². The fourth-order valence-corrected chi connectivity index (χ4v) is 2.95. The van der Waals surface area contributed by atoms with Gasteiger partial charge in [0.05, 0.1) is 12.1 Å². The largest absolute Gasteiger partial charge is 0.329 e. The van der Waals surface area contributed by atoms with E-state index in [1.165, 1.54) is 11.3 Å². The lowest BCUT2D eigenvalue weighted by molar-refractivity contribution is 0.667. The van der Waals surface area contributed by atoms with Crippen LogP contribution in [0.1, 0.15) is 36.0 Å². The molecule has 102 valence electrons. The van der Waals surface area contributed by atoms with E-state index in [1.54, 1.807) is 0 Å². The molecule has 5 nitrogen and oxygen atoms in total. The molecule has 0 amide bonds. The molecule has 0 atom stereocenters. The van der Waals surface area contributed by atoms with E-state index in [4.69, 9.17) is 11.6 Å². The highest BCUT2D eigenvalue weighted by molar-refractivity contribution is 7.09. The molecule has 0 bridgehead atoms. The van der Waals surface area contributed by atoms with Crippen molar-refractivity contribution in [3.63, 3.8) is 0 Å². The fourth-order valence-electron chi connectivity index (χ4n) is 1.81. The number of nitrogens with one attached hydrogen (secondary N) is 1. The average molecular weight is 300 g/mol. The number of H-pyrrole nitrogens is 1. The summed E-state index contributed by atoms with van der Waals surface area (Å²) >= 11 is 7.35. The number of hydrogen-bond acceptors (Lipinski definition) is 4. The zero-order valence-corrected chi connectivity index (χ0v) is 12.4. The summed E-state index contributed by atoms with van der Waals surface area (Å²) in [6.45, 7) is 5.76. The van der Waals surface area contributed by atoms with E-state index in [2.05, 4.69) is 9.97 Å². The Kier molecular flexibility index (Phi) is 3.91. The van der Waals surface area contributed by atoms with Gasteiger partial charge >= 0.3 is 5.69 Å². The Morgan fingerprint density at radius 2 is 2.16 bits per heavy atom. The maximum atomic E-state index is 12.3. The molecule has 0 aromatic carbocycles.